The van der Waals surface area contributed by atoms with E-state index in [9.17, 15) is 9.59 Å². The van der Waals surface area contributed by atoms with Gasteiger partial charge in [-0.05, 0) is 48.5 Å². The number of carbonyl (C=O) groups is 2. The van der Waals surface area contributed by atoms with Crippen molar-refractivity contribution in [1.29, 1.82) is 0 Å². The average Bonchev–Trinajstić information content (AvgIpc) is 2.48. The molecule has 2 amide bonds. The Bertz CT molecular complexity index is 625. The second kappa shape index (κ2) is 6.92. The smallest absolute Gasteiger partial charge is 0.267 e. The van der Waals surface area contributed by atoms with E-state index in [1.807, 2.05) is 0 Å². The zero-order chi connectivity index (χ0) is 16.3. The van der Waals surface area contributed by atoms with Gasteiger partial charge < -0.3 is 0 Å². The number of amides is 2. The normalized spacial score (nSPS) is 10.6. The van der Waals surface area contributed by atoms with Crippen LogP contribution in [0.2, 0.25) is 10.0 Å². The lowest BCUT2D eigenvalue weighted by atomic mass is 10.1. The molecular formula is C16H14Cl2N2O2. The molecule has 0 atom stereocenters. The van der Waals surface area contributed by atoms with Gasteiger partial charge in [0.25, 0.3) is 11.8 Å². The van der Waals surface area contributed by atoms with E-state index in [1.165, 1.54) is 5.01 Å². The fourth-order valence-corrected chi connectivity index (χ4v) is 2.14. The maximum absolute atomic E-state index is 12.6. The lowest BCUT2D eigenvalue weighted by Crippen LogP contribution is -2.46. The molecule has 2 aromatic carbocycles. The summed E-state index contributed by atoms with van der Waals surface area (Å²) in [5, 5.41) is 3.55. The lowest BCUT2D eigenvalue weighted by Gasteiger charge is -2.27. The van der Waals surface area contributed by atoms with E-state index in [0.717, 1.165) is 5.01 Å². The number of hydrazine groups is 1. The van der Waals surface area contributed by atoms with Gasteiger partial charge in [0, 0.05) is 35.3 Å². The molecule has 2 aromatic rings. The summed E-state index contributed by atoms with van der Waals surface area (Å²) in [4.78, 5) is 25.1. The van der Waals surface area contributed by atoms with Gasteiger partial charge in [0.15, 0.2) is 0 Å². The number of carbonyl (C=O) groups excluding carboxylic acids is 2. The lowest BCUT2D eigenvalue weighted by molar-refractivity contribution is 0.0189. The Kier molecular flexibility index (Phi) is 5.19. The third-order valence-corrected chi connectivity index (χ3v) is 3.47. The van der Waals surface area contributed by atoms with Crippen LogP contribution in [0.15, 0.2) is 48.5 Å². The third kappa shape index (κ3) is 3.65. The maximum atomic E-state index is 12.6. The van der Waals surface area contributed by atoms with Crippen LogP contribution in [0.3, 0.4) is 0 Å². The zero-order valence-electron chi connectivity index (χ0n) is 12.1. The minimum atomic E-state index is -0.429. The molecule has 0 saturated heterocycles. The Morgan fingerprint density at radius 1 is 0.727 bits per heavy atom. The Balaban J connectivity index is 2.33. The molecule has 0 fully saturated rings. The van der Waals surface area contributed by atoms with Crippen molar-refractivity contribution in [3.63, 3.8) is 0 Å². The van der Waals surface area contributed by atoms with E-state index >= 15 is 0 Å². The van der Waals surface area contributed by atoms with Gasteiger partial charge >= 0.3 is 0 Å². The molecule has 114 valence electrons. The van der Waals surface area contributed by atoms with Crippen molar-refractivity contribution in [3.8, 4) is 0 Å². The molecule has 6 heteroatoms. The van der Waals surface area contributed by atoms with Gasteiger partial charge in [0.05, 0.1) is 0 Å². The highest BCUT2D eigenvalue weighted by molar-refractivity contribution is 6.31. The number of halogens is 2. The van der Waals surface area contributed by atoms with Gasteiger partial charge in [-0.15, -0.1) is 0 Å². The second-order valence-corrected chi connectivity index (χ2v) is 5.66. The summed E-state index contributed by atoms with van der Waals surface area (Å²) in [7, 11) is 3.25. The number of benzene rings is 2. The number of nitrogens with zero attached hydrogens (tertiary/aromatic N) is 2. The summed E-state index contributed by atoms with van der Waals surface area (Å²) in [6.45, 7) is 0. The fourth-order valence-electron chi connectivity index (χ4n) is 1.89. The molecule has 0 radical (unpaired) electrons. The molecule has 0 aliphatic rings. The van der Waals surface area contributed by atoms with Gasteiger partial charge in [-0.1, -0.05) is 23.2 Å². The predicted octanol–water partition coefficient (Wildman–Crippen LogP) is 3.75. The van der Waals surface area contributed by atoms with Gasteiger partial charge in [-0.2, -0.15) is 0 Å². The Morgan fingerprint density at radius 3 is 1.32 bits per heavy atom. The number of hydrogen-bond acceptors (Lipinski definition) is 3. The van der Waals surface area contributed by atoms with Crippen LogP contribution in [-0.4, -0.2) is 35.9 Å². The molecule has 4 nitrogen and oxygen atoms in total. The van der Waals surface area contributed by atoms with E-state index in [4.69, 9.17) is 23.2 Å². The van der Waals surface area contributed by atoms with Gasteiger partial charge in [-0.3, -0.25) is 9.59 Å². The van der Waals surface area contributed by atoms with Crippen molar-refractivity contribution < 1.29 is 9.59 Å². The molecule has 0 aromatic heterocycles. The zero-order valence-corrected chi connectivity index (χ0v) is 13.6. The van der Waals surface area contributed by atoms with Crippen LogP contribution in [0.1, 0.15) is 20.7 Å². The molecule has 0 N–H and O–H groups in total. The maximum Gasteiger partial charge on any atom is 0.275 e. The van der Waals surface area contributed by atoms with Gasteiger partial charge in [0.1, 0.15) is 0 Å². The molecule has 0 heterocycles. The molecular weight excluding hydrogens is 323 g/mol. The van der Waals surface area contributed by atoms with Crippen molar-refractivity contribution >= 4 is 35.0 Å². The van der Waals surface area contributed by atoms with Gasteiger partial charge in [0.2, 0.25) is 0 Å². The molecule has 0 aliphatic carbocycles. The number of hydrogen-bond donors (Lipinski definition) is 0. The summed E-state index contributed by atoms with van der Waals surface area (Å²) in [6, 6.07) is 12.7. The largest absolute Gasteiger partial charge is 0.275 e. The summed E-state index contributed by atoms with van der Waals surface area (Å²) < 4.78 is 0. The SMILES string of the molecule is CN(C)N(C(=O)c1ccc(Cl)cc1)C(=O)c1ccc(Cl)cc1. The summed E-state index contributed by atoms with van der Waals surface area (Å²) >= 11 is 11.6. The van der Waals surface area contributed by atoms with Crippen LogP contribution in [0.4, 0.5) is 0 Å². The van der Waals surface area contributed by atoms with Crippen LogP contribution in [-0.2, 0) is 0 Å². The topological polar surface area (TPSA) is 40.6 Å². The summed E-state index contributed by atoms with van der Waals surface area (Å²) in [5.74, 6) is -0.858. The van der Waals surface area contributed by atoms with Crippen LogP contribution in [0.25, 0.3) is 0 Å². The molecule has 0 unspecified atom stereocenters. The quantitative estimate of drug-likeness (QED) is 0.633. The highest BCUT2D eigenvalue weighted by atomic mass is 35.5. The Labute approximate surface area is 138 Å². The minimum Gasteiger partial charge on any atom is -0.267 e. The van der Waals surface area contributed by atoms with E-state index in [1.54, 1.807) is 62.6 Å². The summed E-state index contributed by atoms with van der Waals surface area (Å²) in [5.41, 5.74) is 0.751. The number of imide groups is 1. The summed E-state index contributed by atoms with van der Waals surface area (Å²) in [6.07, 6.45) is 0. The van der Waals surface area contributed by atoms with Gasteiger partial charge in [-0.25, -0.2) is 10.0 Å². The van der Waals surface area contributed by atoms with Crippen LogP contribution >= 0.6 is 23.2 Å². The van der Waals surface area contributed by atoms with Crippen molar-refractivity contribution in [2.24, 2.45) is 0 Å². The van der Waals surface area contributed by atoms with E-state index in [-0.39, 0.29) is 0 Å². The van der Waals surface area contributed by atoms with E-state index < -0.39 is 11.8 Å². The molecule has 0 bridgehead atoms. The minimum absolute atomic E-state index is 0.375. The van der Waals surface area contributed by atoms with E-state index in [0.29, 0.717) is 21.2 Å². The van der Waals surface area contributed by atoms with Crippen LogP contribution in [0, 0.1) is 0 Å². The Hall–Kier alpha value is -1.88. The highest BCUT2D eigenvalue weighted by Crippen LogP contribution is 2.16. The van der Waals surface area contributed by atoms with E-state index in [2.05, 4.69) is 0 Å². The monoisotopic (exact) mass is 336 g/mol. The molecule has 0 aliphatic heterocycles. The Morgan fingerprint density at radius 2 is 1.05 bits per heavy atom. The first-order chi connectivity index (χ1) is 10.4. The first-order valence-corrected chi connectivity index (χ1v) is 7.23. The van der Waals surface area contributed by atoms with Crippen molar-refractivity contribution in [1.82, 2.24) is 10.0 Å². The molecule has 22 heavy (non-hydrogen) atoms. The second-order valence-electron chi connectivity index (χ2n) is 4.78. The third-order valence-electron chi connectivity index (χ3n) is 2.97. The number of rotatable bonds is 3. The first-order valence-electron chi connectivity index (χ1n) is 6.47. The highest BCUT2D eigenvalue weighted by Gasteiger charge is 2.26. The van der Waals surface area contributed by atoms with Crippen molar-refractivity contribution in [2.75, 3.05) is 14.1 Å². The molecule has 0 saturated carbocycles. The standard InChI is InChI=1S/C16H14Cl2N2O2/c1-19(2)20(15(21)11-3-7-13(17)8-4-11)16(22)12-5-9-14(18)10-6-12/h3-10H,1-2H3. The van der Waals surface area contributed by atoms with Crippen molar-refractivity contribution in [3.05, 3.63) is 69.7 Å². The fraction of sp³-hybridized carbons (Fsp3) is 0.125. The molecule has 0 spiro atoms. The van der Waals surface area contributed by atoms with Crippen LogP contribution < -0.4 is 0 Å². The molecule has 2 rings (SSSR count). The first kappa shape index (κ1) is 16.5. The van der Waals surface area contributed by atoms with Crippen molar-refractivity contribution in [2.45, 2.75) is 0 Å². The average molecular weight is 337 g/mol. The predicted molar refractivity (Wildman–Crippen MR) is 87.1 cm³/mol. The van der Waals surface area contributed by atoms with Crippen LogP contribution in [0.5, 0.6) is 0 Å².